The van der Waals surface area contributed by atoms with Crippen LogP contribution in [0.25, 0.3) is 0 Å². The minimum atomic E-state index is -3.26. The maximum absolute atomic E-state index is 13.0. The Labute approximate surface area is 149 Å². The molecule has 0 radical (unpaired) electrons. The lowest BCUT2D eigenvalue weighted by molar-refractivity contribution is 0.0778. The molecule has 138 valence electrons. The fourth-order valence-corrected chi connectivity index (χ4v) is 4.68. The maximum Gasteiger partial charge on any atom is 0.236 e. The second-order valence-corrected chi connectivity index (χ2v) is 9.13. The van der Waals surface area contributed by atoms with E-state index in [1.165, 1.54) is 29.8 Å². The van der Waals surface area contributed by atoms with Crippen LogP contribution in [0, 0.1) is 5.92 Å². The molecule has 3 rings (SSSR count). The molecule has 0 aromatic carbocycles. The molecule has 1 saturated carbocycles. The first-order valence-corrected chi connectivity index (χ1v) is 11.0. The summed E-state index contributed by atoms with van der Waals surface area (Å²) in [6.45, 7) is 0.768. The summed E-state index contributed by atoms with van der Waals surface area (Å²) in [5.41, 5.74) is 0.691. The zero-order valence-corrected chi connectivity index (χ0v) is 15.6. The van der Waals surface area contributed by atoms with E-state index in [1.807, 2.05) is 18.2 Å². The van der Waals surface area contributed by atoms with Crippen LogP contribution in [0.5, 0.6) is 0 Å². The third kappa shape index (κ3) is 4.58. The molecule has 25 heavy (non-hydrogen) atoms. The fraction of sp³-hybridized carbons (Fsp3) is 0.667. The zero-order chi connectivity index (χ0) is 17.9. The summed E-state index contributed by atoms with van der Waals surface area (Å²) in [5, 5.41) is 0. The van der Waals surface area contributed by atoms with Crippen LogP contribution in [0.1, 0.15) is 49.7 Å². The number of aromatic nitrogens is 1. The molecule has 0 bridgehead atoms. The van der Waals surface area contributed by atoms with Gasteiger partial charge in [-0.3, -0.25) is 14.4 Å². The summed E-state index contributed by atoms with van der Waals surface area (Å²) in [6, 6.07) is 5.89. The standard InChI is InChI=1S/C18H27N3O3S/c1-25(23,24)20-12-7-8-15(14-20)18(22)21-13-6-5-11-17(21)19-16-9-3-2-4-10-16/h5-6,11,13,15-16H,2-4,7-10,12,14H2,1H3. The predicted molar refractivity (Wildman–Crippen MR) is 96.6 cm³/mol. The largest absolute Gasteiger partial charge is 0.274 e. The van der Waals surface area contributed by atoms with Gasteiger partial charge in [0.15, 0.2) is 0 Å². The van der Waals surface area contributed by atoms with E-state index in [1.54, 1.807) is 10.8 Å². The van der Waals surface area contributed by atoms with Crippen molar-refractivity contribution in [2.75, 3.05) is 19.3 Å². The van der Waals surface area contributed by atoms with Crippen LogP contribution in [0.2, 0.25) is 0 Å². The third-order valence-electron chi connectivity index (χ3n) is 5.17. The molecule has 1 saturated heterocycles. The average Bonchev–Trinajstić information content (AvgIpc) is 2.62. The summed E-state index contributed by atoms with van der Waals surface area (Å²) in [5.74, 6) is -0.361. The highest BCUT2D eigenvalue weighted by Gasteiger charge is 2.31. The van der Waals surface area contributed by atoms with Gasteiger partial charge in [-0.1, -0.05) is 25.3 Å². The summed E-state index contributed by atoms with van der Waals surface area (Å²) in [7, 11) is -3.26. The van der Waals surface area contributed by atoms with Crippen molar-refractivity contribution in [3.63, 3.8) is 0 Å². The lowest BCUT2D eigenvalue weighted by atomic mass is 9.96. The lowest BCUT2D eigenvalue weighted by Crippen LogP contribution is -2.44. The van der Waals surface area contributed by atoms with Crippen molar-refractivity contribution in [3.8, 4) is 0 Å². The van der Waals surface area contributed by atoms with Crippen LogP contribution in [0.3, 0.4) is 0 Å². The van der Waals surface area contributed by atoms with Crippen LogP contribution >= 0.6 is 0 Å². The lowest BCUT2D eigenvalue weighted by Gasteiger charge is -2.30. The van der Waals surface area contributed by atoms with E-state index in [9.17, 15) is 13.2 Å². The van der Waals surface area contributed by atoms with E-state index >= 15 is 0 Å². The first-order chi connectivity index (χ1) is 11.9. The van der Waals surface area contributed by atoms with Crippen molar-refractivity contribution >= 4 is 15.9 Å². The first kappa shape index (κ1) is 18.3. The number of hydrogen-bond donors (Lipinski definition) is 0. The van der Waals surface area contributed by atoms with Crippen molar-refractivity contribution in [1.29, 1.82) is 0 Å². The van der Waals surface area contributed by atoms with Gasteiger partial charge in [-0.15, -0.1) is 0 Å². The number of pyridine rings is 1. The van der Waals surface area contributed by atoms with Gasteiger partial charge >= 0.3 is 0 Å². The number of piperidine rings is 1. The average molecular weight is 365 g/mol. The molecule has 1 aliphatic carbocycles. The van der Waals surface area contributed by atoms with Gasteiger partial charge in [0.25, 0.3) is 0 Å². The molecular formula is C18H27N3O3S. The van der Waals surface area contributed by atoms with Gasteiger partial charge in [-0.05, 0) is 37.8 Å². The number of carbonyl (C=O) groups excluding carboxylic acids is 1. The molecule has 1 unspecified atom stereocenters. The molecule has 0 amide bonds. The molecule has 7 heteroatoms. The monoisotopic (exact) mass is 365 g/mol. The van der Waals surface area contributed by atoms with Gasteiger partial charge < -0.3 is 0 Å². The van der Waals surface area contributed by atoms with E-state index in [4.69, 9.17) is 4.99 Å². The van der Waals surface area contributed by atoms with Crippen LogP contribution < -0.4 is 5.49 Å². The Morgan fingerprint density at radius 3 is 2.60 bits per heavy atom. The Kier molecular flexibility index (Phi) is 5.74. The zero-order valence-electron chi connectivity index (χ0n) is 14.8. The van der Waals surface area contributed by atoms with E-state index in [2.05, 4.69) is 0 Å². The number of sulfonamides is 1. The van der Waals surface area contributed by atoms with Gasteiger partial charge in [0.05, 0.1) is 18.2 Å². The first-order valence-electron chi connectivity index (χ1n) is 9.16. The second kappa shape index (κ2) is 7.83. The van der Waals surface area contributed by atoms with Gasteiger partial charge in [0.2, 0.25) is 15.9 Å². The number of rotatable bonds is 3. The van der Waals surface area contributed by atoms with Crippen molar-refractivity contribution in [3.05, 3.63) is 29.9 Å². The van der Waals surface area contributed by atoms with E-state index in [0.29, 0.717) is 18.5 Å². The van der Waals surface area contributed by atoms with Crippen LogP contribution in [0.4, 0.5) is 0 Å². The predicted octanol–water partition coefficient (Wildman–Crippen LogP) is 2.03. The molecule has 2 fully saturated rings. The van der Waals surface area contributed by atoms with E-state index < -0.39 is 10.0 Å². The molecule has 0 spiro atoms. The maximum atomic E-state index is 13.0. The highest BCUT2D eigenvalue weighted by molar-refractivity contribution is 7.88. The number of hydrogen-bond acceptors (Lipinski definition) is 4. The highest BCUT2D eigenvalue weighted by Crippen LogP contribution is 2.21. The minimum Gasteiger partial charge on any atom is -0.274 e. The van der Waals surface area contributed by atoms with Crippen LogP contribution in [0.15, 0.2) is 29.4 Å². The molecule has 1 aromatic rings. The Morgan fingerprint density at radius 2 is 1.88 bits per heavy atom. The smallest absolute Gasteiger partial charge is 0.236 e. The van der Waals surface area contributed by atoms with Gasteiger partial charge in [0, 0.05) is 19.3 Å². The molecular weight excluding hydrogens is 338 g/mol. The normalized spacial score (nSPS) is 24.4. The van der Waals surface area contributed by atoms with Gasteiger partial charge in [-0.2, -0.15) is 0 Å². The van der Waals surface area contributed by atoms with Crippen molar-refractivity contribution in [1.82, 2.24) is 8.87 Å². The minimum absolute atomic E-state index is 0.0523. The summed E-state index contributed by atoms with van der Waals surface area (Å²) in [6.07, 6.45) is 10.2. The molecule has 1 aliphatic heterocycles. The topological polar surface area (TPSA) is 71.7 Å². The van der Waals surface area contributed by atoms with Gasteiger partial charge in [-0.25, -0.2) is 12.7 Å². The molecule has 2 heterocycles. The Bertz CT molecular complexity index is 779. The summed E-state index contributed by atoms with van der Waals surface area (Å²) >= 11 is 0. The van der Waals surface area contributed by atoms with Crippen molar-refractivity contribution in [2.45, 2.75) is 51.0 Å². The summed E-state index contributed by atoms with van der Waals surface area (Å²) < 4.78 is 26.7. The highest BCUT2D eigenvalue weighted by atomic mass is 32.2. The Hall–Kier alpha value is -1.47. The molecule has 1 aromatic heterocycles. The fourth-order valence-electron chi connectivity index (χ4n) is 3.76. The van der Waals surface area contributed by atoms with Crippen LogP contribution in [-0.4, -0.2) is 48.6 Å². The molecule has 2 aliphatic rings. The van der Waals surface area contributed by atoms with Crippen molar-refractivity contribution in [2.24, 2.45) is 10.9 Å². The van der Waals surface area contributed by atoms with E-state index in [-0.39, 0.29) is 24.4 Å². The Balaban J connectivity index is 1.84. The van der Waals surface area contributed by atoms with Crippen molar-refractivity contribution < 1.29 is 13.2 Å². The SMILES string of the molecule is CS(=O)(=O)N1CCCC(C(=O)n2ccccc2=NC2CCCCC2)C1. The molecule has 0 N–H and O–H groups in total. The third-order valence-corrected chi connectivity index (χ3v) is 6.44. The number of carbonyl (C=O) groups is 1. The van der Waals surface area contributed by atoms with Gasteiger partial charge in [0.1, 0.15) is 5.49 Å². The van der Waals surface area contributed by atoms with Crippen LogP contribution in [-0.2, 0) is 10.0 Å². The number of nitrogens with zero attached hydrogens (tertiary/aromatic N) is 3. The molecule has 1 atom stereocenters. The Morgan fingerprint density at radius 1 is 1.12 bits per heavy atom. The quantitative estimate of drug-likeness (QED) is 0.823. The second-order valence-electron chi connectivity index (χ2n) is 7.15. The summed E-state index contributed by atoms with van der Waals surface area (Å²) in [4.78, 5) is 17.8. The van der Waals surface area contributed by atoms with E-state index in [0.717, 1.165) is 19.3 Å². The molecule has 6 nitrogen and oxygen atoms in total.